The lowest BCUT2D eigenvalue weighted by Crippen LogP contribution is -2.63. The quantitative estimate of drug-likeness (QED) is 0.816. The summed E-state index contributed by atoms with van der Waals surface area (Å²) in [4.78, 5) is 27.9. The van der Waals surface area contributed by atoms with Crippen LogP contribution < -0.4 is 10.5 Å². The van der Waals surface area contributed by atoms with Crippen LogP contribution in [0.3, 0.4) is 0 Å². The largest absolute Gasteiger partial charge is 0.484 e. The molecular formula is C23H27N3O3. The molecule has 2 aliphatic rings. The van der Waals surface area contributed by atoms with E-state index in [1.165, 1.54) is 0 Å². The highest BCUT2D eigenvalue weighted by Crippen LogP contribution is 2.24. The highest BCUT2D eigenvalue weighted by molar-refractivity contribution is 5.79. The number of nitrogens with zero attached hydrogens (tertiary/aromatic N) is 2. The number of nitrogens with two attached hydrogens (primary N) is 1. The average molecular weight is 393 g/mol. The molecule has 2 N–H and O–H groups in total. The van der Waals surface area contributed by atoms with Crippen LogP contribution in [0.2, 0.25) is 0 Å². The number of rotatable bonds is 6. The summed E-state index contributed by atoms with van der Waals surface area (Å²) in [5.41, 5.74) is 7.67. The van der Waals surface area contributed by atoms with Crippen LogP contribution in [0, 0.1) is 5.92 Å². The SMILES string of the molecule is NC(=O)C1CCN(C2CN(C(=O)COc3ccc(-c4ccccc4)cc3)C2)CC1. The number of carbonyl (C=O) groups excluding carboxylic acids is 2. The first-order valence-electron chi connectivity index (χ1n) is 10.2. The van der Waals surface area contributed by atoms with Gasteiger partial charge in [-0.2, -0.15) is 0 Å². The van der Waals surface area contributed by atoms with Gasteiger partial charge < -0.3 is 15.4 Å². The molecule has 0 aliphatic carbocycles. The fourth-order valence-electron chi connectivity index (χ4n) is 4.05. The van der Waals surface area contributed by atoms with Crippen LogP contribution in [-0.2, 0) is 9.59 Å². The summed E-state index contributed by atoms with van der Waals surface area (Å²) in [5, 5.41) is 0. The van der Waals surface area contributed by atoms with Crippen molar-refractivity contribution in [1.29, 1.82) is 0 Å². The Morgan fingerprint density at radius 1 is 0.931 bits per heavy atom. The van der Waals surface area contributed by atoms with Gasteiger partial charge in [-0.15, -0.1) is 0 Å². The van der Waals surface area contributed by atoms with Crippen LogP contribution in [0.1, 0.15) is 12.8 Å². The molecule has 4 rings (SSSR count). The summed E-state index contributed by atoms with van der Waals surface area (Å²) in [6, 6.07) is 18.3. The lowest BCUT2D eigenvalue weighted by atomic mass is 9.94. The van der Waals surface area contributed by atoms with Gasteiger partial charge in [-0.25, -0.2) is 0 Å². The zero-order valence-corrected chi connectivity index (χ0v) is 16.5. The van der Waals surface area contributed by atoms with E-state index in [1.54, 1.807) is 0 Å². The van der Waals surface area contributed by atoms with Crippen molar-refractivity contribution in [3.05, 3.63) is 54.6 Å². The Labute approximate surface area is 171 Å². The van der Waals surface area contributed by atoms with Gasteiger partial charge in [0.05, 0.1) is 0 Å². The van der Waals surface area contributed by atoms with Crippen molar-refractivity contribution in [1.82, 2.24) is 9.80 Å². The molecule has 2 heterocycles. The molecule has 0 bridgehead atoms. The van der Waals surface area contributed by atoms with E-state index in [4.69, 9.17) is 10.5 Å². The van der Waals surface area contributed by atoms with Crippen molar-refractivity contribution >= 4 is 11.8 Å². The molecule has 0 aromatic heterocycles. The van der Waals surface area contributed by atoms with Crippen molar-refractivity contribution in [2.75, 3.05) is 32.8 Å². The van der Waals surface area contributed by atoms with Crippen LogP contribution in [0.5, 0.6) is 5.75 Å². The zero-order valence-electron chi connectivity index (χ0n) is 16.5. The molecule has 6 heteroatoms. The standard InChI is InChI=1S/C23H27N3O3/c24-23(28)19-10-12-25(13-11-19)20-14-26(15-20)22(27)16-29-21-8-6-18(7-9-21)17-4-2-1-3-5-17/h1-9,19-20H,10-16H2,(H2,24,28). The molecule has 2 amide bonds. The third-order valence-electron chi connectivity index (χ3n) is 5.99. The smallest absolute Gasteiger partial charge is 0.260 e. The van der Waals surface area contributed by atoms with E-state index in [1.807, 2.05) is 47.4 Å². The second-order valence-corrected chi connectivity index (χ2v) is 7.84. The van der Waals surface area contributed by atoms with Crippen molar-refractivity contribution in [2.45, 2.75) is 18.9 Å². The van der Waals surface area contributed by atoms with E-state index in [-0.39, 0.29) is 24.3 Å². The van der Waals surface area contributed by atoms with Crippen molar-refractivity contribution < 1.29 is 14.3 Å². The van der Waals surface area contributed by atoms with Gasteiger partial charge in [-0.05, 0) is 49.2 Å². The predicted molar refractivity (Wildman–Crippen MR) is 111 cm³/mol. The van der Waals surface area contributed by atoms with Gasteiger partial charge >= 0.3 is 0 Å². The van der Waals surface area contributed by atoms with E-state index >= 15 is 0 Å². The summed E-state index contributed by atoms with van der Waals surface area (Å²) < 4.78 is 5.68. The summed E-state index contributed by atoms with van der Waals surface area (Å²) in [7, 11) is 0. The van der Waals surface area contributed by atoms with Gasteiger partial charge in [0, 0.05) is 25.0 Å². The van der Waals surface area contributed by atoms with Gasteiger partial charge in [0.1, 0.15) is 5.75 Å². The lowest BCUT2D eigenvalue weighted by Gasteiger charge is -2.47. The Bertz CT molecular complexity index is 839. The highest BCUT2D eigenvalue weighted by atomic mass is 16.5. The molecule has 29 heavy (non-hydrogen) atoms. The Morgan fingerprint density at radius 3 is 2.17 bits per heavy atom. The molecule has 152 valence electrons. The number of piperidine rings is 1. The van der Waals surface area contributed by atoms with E-state index in [0.29, 0.717) is 11.8 Å². The average Bonchev–Trinajstić information content (AvgIpc) is 2.72. The van der Waals surface area contributed by atoms with Crippen molar-refractivity contribution in [2.24, 2.45) is 11.7 Å². The highest BCUT2D eigenvalue weighted by Gasteiger charge is 2.37. The number of carbonyl (C=O) groups is 2. The number of amides is 2. The maximum absolute atomic E-state index is 12.4. The molecule has 6 nitrogen and oxygen atoms in total. The molecule has 0 spiro atoms. The molecule has 0 atom stereocenters. The first kappa shape index (κ1) is 19.5. The van der Waals surface area contributed by atoms with Crippen molar-refractivity contribution in [3.63, 3.8) is 0 Å². The van der Waals surface area contributed by atoms with E-state index < -0.39 is 0 Å². The second-order valence-electron chi connectivity index (χ2n) is 7.84. The first-order chi connectivity index (χ1) is 14.1. The first-order valence-corrected chi connectivity index (χ1v) is 10.2. The van der Waals surface area contributed by atoms with Gasteiger partial charge in [0.2, 0.25) is 5.91 Å². The van der Waals surface area contributed by atoms with Crippen LogP contribution in [0.4, 0.5) is 0 Å². The third kappa shape index (κ3) is 4.59. The Morgan fingerprint density at radius 2 is 1.55 bits per heavy atom. The topological polar surface area (TPSA) is 75.9 Å². The lowest BCUT2D eigenvalue weighted by molar-refractivity contribution is -0.141. The van der Waals surface area contributed by atoms with Crippen LogP contribution >= 0.6 is 0 Å². The minimum absolute atomic E-state index is 0.00532. The molecule has 0 saturated carbocycles. The predicted octanol–water partition coefficient (Wildman–Crippen LogP) is 2.14. The second kappa shape index (κ2) is 8.66. The minimum atomic E-state index is -0.191. The van der Waals surface area contributed by atoms with Gasteiger partial charge in [0.25, 0.3) is 5.91 Å². The fourth-order valence-corrected chi connectivity index (χ4v) is 4.05. The summed E-state index contributed by atoms with van der Waals surface area (Å²) in [6.45, 7) is 3.28. The molecule has 2 saturated heterocycles. The minimum Gasteiger partial charge on any atom is -0.484 e. The molecule has 0 radical (unpaired) electrons. The van der Waals surface area contributed by atoms with Crippen LogP contribution in [0.15, 0.2) is 54.6 Å². The Hall–Kier alpha value is -2.86. The molecule has 2 aromatic carbocycles. The van der Waals surface area contributed by atoms with E-state index in [0.717, 1.165) is 50.1 Å². The Kier molecular flexibility index (Phi) is 5.81. The van der Waals surface area contributed by atoms with Gasteiger partial charge in [-0.1, -0.05) is 42.5 Å². The molecule has 2 fully saturated rings. The summed E-state index contributed by atoms with van der Waals surface area (Å²) in [6.07, 6.45) is 1.64. The van der Waals surface area contributed by atoms with Gasteiger partial charge in [0.15, 0.2) is 6.61 Å². The normalized spacial score (nSPS) is 18.3. The van der Waals surface area contributed by atoms with Gasteiger partial charge in [-0.3, -0.25) is 14.5 Å². The zero-order chi connectivity index (χ0) is 20.2. The number of likely N-dealkylation sites (tertiary alicyclic amines) is 2. The summed E-state index contributed by atoms with van der Waals surface area (Å²) in [5.74, 6) is 0.527. The summed E-state index contributed by atoms with van der Waals surface area (Å²) >= 11 is 0. The van der Waals surface area contributed by atoms with Crippen LogP contribution in [-0.4, -0.2) is 60.4 Å². The molecule has 2 aliphatic heterocycles. The van der Waals surface area contributed by atoms with E-state index in [2.05, 4.69) is 17.0 Å². The van der Waals surface area contributed by atoms with E-state index in [9.17, 15) is 9.59 Å². The maximum atomic E-state index is 12.4. The molecule has 0 unspecified atom stereocenters. The number of ether oxygens (including phenoxy) is 1. The fraction of sp³-hybridized carbons (Fsp3) is 0.391. The maximum Gasteiger partial charge on any atom is 0.260 e. The Balaban J connectivity index is 1.20. The van der Waals surface area contributed by atoms with Crippen molar-refractivity contribution in [3.8, 4) is 16.9 Å². The number of hydrogen-bond acceptors (Lipinski definition) is 4. The third-order valence-corrected chi connectivity index (χ3v) is 5.99. The molecular weight excluding hydrogens is 366 g/mol. The number of primary amides is 1. The number of benzene rings is 2. The number of hydrogen-bond donors (Lipinski definition) is 1. The molecule has 2 aromatic rings. The van der Waals surface area contributed by atoms with Crippen LogP contribution in [0.25, 0.3) is 11.1 Å². The monoisotopic (exact) mass is 393 g/mol.